The van der Waals surface area contributed by atoms with Crippen molar-refractivity contribution in [1.29, 1.82) is 0 Å². The Balaban J connectivity index is 1.20. The number of nitrogens with zero attached hydrogens (tertiary/aromatic N) is 3. The number of aromatic nitrogens is 3. The Hall–Kier alpha value is -5.48. The fourth-order valence-corrected chi connectivity index (χ4v) is 4.51. The van der Waals surface area contributed by atoms with Gasteiger partial charge in [-0.1, -0.05) is 42.5 Å². The van der Waals surface area contributed by atoms with Crippen molar-refractivity contribution >= 4 is 52.2 Å². The predicted octanol–water partition coefficient (Wildman–Crippen LogP) is 4.28. The average Bonchev–Trinajstić information content (AvgIpc) is 3.55. The molecule has 0 radical (unpaired) electrons. The molecule has 0 unspecified atom stereocenters. The predicted molar refractivity (Wildman–Crippen MR) is 165 cm³/mol. The van der Waals surface area contributed by atoms with Gasteiger partial charge < -0.3 is 30.8 Å². The highest BCUT2D eigenvalue weighted by Gasteiger charge is 2.17. The van der Waals surface area contributed by atoms with Crippen LogP contribution in [0.25, 0.3) is 23.1 Å². The number of benzene rings is 2. The van der Waals surface area contributed by atoms with E-state index in [1.54, 1.807) is 59.9 Å². The number of para-hydroxylation sites is 1. The normalized spacial score (nSPS) is 11.1. The first-order valence-corrected chi connectivity index (χ1v) is 13.4. The molecule has 0 bridgehead atoms. The van der Waals surface area contributed by atoms with Gasteiger partial charge in [0.15, 0.2) is 0 Å². The van der Waals surface area contributed by atoms with Gasteiger partial charge in [0.25, 0.3) is 17.7 Å². The Morgan fingerprint density at radius 2 is 1.40 bits per heavy atom. The Morgan fingerprint density at radius 3 is 2.10 bits per heavy atom. The van der Waals surface area contributed by atoms with Gasteiger partial charge in [-0.3, -0.25) is 19.4 Å². The molecule has 0 aliphatic heterocycles. The number of hydrogen-bond donors (Lipinski definition) is 4. The second-order valence-electron chi connectivity index (χ2n) is 9.82. The summed E-state index contributed by atoms with van der Waals surface area (Å²) in [5, 5.41) is 9.43. The lowest BCUT2D eigenvalue weighted by Crippen LogP contribution is -2.30. The van der Waals surface area contributed by atoms with Crippen molar-refractivity contribution in [3.63, 3.8) is 0 Å². The van der Waals surface area contributed by atoms with Crippen LogP contribution in [-0.2, 0) is 14.1 Å². The van der Waals surface area contributed by atoms with Gasteiger partial charge in [-0.15, -0.1) is 0 Å². The zero-order chi connectivity index (χ0) is 29.6. The zero-order valence-electron chi connectivity index (χ0n) is 23.3. The summed E-state index contributed by atoms with van der Waals surface area (Å²) in [7, 11) is 3.43. The molecule has 10 heteroatoms. The minimum absolute atomic E-state index is 0.279. The van der Waals surface area contributed by atoms with Crippen molar-refractivity contribution in [2.24, 2.45) is 19.8 Å². The number of nitrogens with one attached hydrogen (secondary N) is 3. The first kappa shape index (κ1) is 28.1. The third kappa shape index (κ3) is 6.45. The highest BCUT2D eigenvalue weighted by atomic mass is 16.2. The lowest BCUT2D eigenvalue weighted by molar-refractivity contribution is 0.0945. The van der Waals surface area contributed by atoms with Crippen molar-refractivity contribution in [2.45, 2.75) is 0 Å². The number of carbonyl (C=O) groups is 3. The number of fused-ring (bicyclic) bond motifs is 1. The SMILES string of the molecule is Cn1cc(NC(=O)c2cc(NC(=O)c3ccc(/C=C/c4cnc5ccccc5c4)cc3)cn2C)cc1C(=O)NCCN. The summed E-state index contributed by atoms with van der Waals surface area (Å²) in [6.45, 7) is 0.689. The molecule has 5 aromatic rings. The number of hydrogen-bond acceptors (Lipinski definition) is 5. The van der Waals surface area contributed by atoms with E-state index in [1.807, 2.05) is 54.7 Å². The fraction of sp³-hybridized carbons (Fsp3) is 0.125. The quantitative estimate of drug-likeness (QED) is 0.213. The molecule has 3 heterocycles. The van der Waals surface area contributed by atoms with E-state index >= 15 is 0 Å². The molecule has 212 valence electrons. The van der Waals surface area contributed by atoms with Crippen LogP contribution >= 0.6 is 0 Å². The molecule has 5 N–H and O–H groups in total. The van der Waals surface area contributed by atoms with Crippen molar-refractivity contribution in [1.82, 2.24) is 19.4 Å². The van der Waals surface area contributed by atoms with Crippen molar-refractivity contribution in [3.05, 3.63) is 113 Å². The van der Waals surface area contributed by atoms with Gasteiger partial charge in [0.05, 0.1) is 16.9 Å². The molecule has 0 fully saturated rings. The zero-order valence-corrected chi connectivity index (χ0v) is 23.3. The van der Waals surface area contributed by atoms with Crippen LogP contribution in [0.5, 0.6) is 0 Å². The highest BCUT2D eigenvalue weighted by Crippen LogP contribution is 2.19. The van der Waals surface area contributed by atoms with Gasteiger partial charge >= 0.3 is 0 Å². The number of rotatable bonds is 9. The van der Waals surface area contributed by atoms with Crippen LogP contribution in [0.1, 0.15) is 42.5 Å². The molecule has 0 aliphatic carbocycles. The van der Waals surface area contributed by atoms with Gasteiger partial charge in [0, 0.05) is 56.7 Å². The summed E-state index contributed by atoms with van der Waals surface area (Å²) in [5.74, 6) is -0.952. The minimum Gasteiger partial charge on any atom is -0.349 e. The first-order valence-electron chi connectivity index (χ1n) is 13.4. The standard InChI is InChI=1S/C32H31N7O3/c1-38-20-26(16-28(38)31(41)34-14-13-33)37-32(42)29-17-25(19-39(29)2)36-30(40)23-11-9-21(10-12-23)7-8-22-15-24-5-3-4-6-27(24)35-18-22/h3-12,15-20H,13-14,33H2,1-2H3,(H,34,41)(H,36,40)(H,37,42)/b8-7+. The molecular weight excluding hydrogens is 530 g/mol. The van der Waals surface area contributed by atoms with Crippen LogP contribution in [0.15, 0.2) is 85.3 Å². The minimum atomic E-state index is -0.379. The molecule has 0 atom stereocenters. The third-order valence-corrected chi connectivity index (χ3v) is 6.67. The number of aryl methyl sites for hydroxylation is 2. The maximum Gasteiger partial charge on any atom is 0.272 e. The maximum absolute atomic E-state index is 13.0. The highest BCUT2D eigenvalue weighted by molar-refractivity contribution is 6.07. The van der Waals surface area contributed by atoms with Crippen molar-refractivity contribution in [2.75, 3.05) is 23.7 Å². The first-order chi connectivity index (χ1) is 20.3. The molecule has 0 saturated carbocycles. The number of nitrogens with two attached hydrogens (primary N) is 1. The molecular formula is C32H31N7O3. The lowest BCUT2D eigenvalue weighted by Gasteiger charge is -2.03. The van der Waals surface area contributed by atoms with E-state index in [2.05, 4.69) is 27.0 Å². The van der Waals surface area contributed by atoms with Crippen molar-refractivity contribution in [3.8, 4) is 0 Å². The number of amides is 3. The van der Waals surface area contributed by atoms with Crippen LogP contribution in [-0.4, -0.2) is 44.9 Å². The third-order valence-electron chi connectivity index (χ3n) is 6.67. The number of anilines is 2. The largest absolute Gasteiger partial charge is 0.349 e. The van der Waals surface area contributed by atoms with Crippen molar-refractivity contribution < 1.29 is 14.4 Å². The lowest BCUT2D eigenvalue weighted by atomic mass is 10.1. The van der Waals surface area contributed by atoms with Crippen LogP contribution in [0, 0.1) is 0 Å². The molecule has 3 amide bonds. The van der Waals surface area contributed by atoms with E-state index < -0.39 is 0 Å². The Labute approximate surface area is 242 Å². The summed E-state index contributed by atoms with van der Waals surface area (Å²) < 4.78 is 3.25. The fourth-order valence-electron chi connectivity index (χ4n) is 4.51. The van der Waals surface area contributed by atoms with Crippen LogP contribution in [0.2, 0.25) is 0 Å². The van der Waals surface area contributed by atoms with E-state index in [0.717, 1.165) is 22.0 Å². The molecule has 42 heavy (non-hydrogen) atoms. The molecule has 3 aromatic heterocycles. The molecule has 0 saturated heterocycles. The molecule has 2 aromatic carbocycles. The van der Waals surface area contributed by atoms with Gasteiger partial charge in [0.1, 0.15) is 11.4 Å². The van der Waals surface area contributed by atoms with Gasteiger partial charge in [-0.25, -0.2) is 0 Å². The van der Waals surface area contributed by atoms with Gasteiger partial charge in [-0.2, -0.15) is 0 Å². The Morgan fingerprint density at radius 1 is 0.786 bits per heavy atom. The van der Waals surface area contributed by atoms with E-state index in [-0.39, 0.29) is 17.7 Å². The average molecular weight is 562 g/mol. The van der Waals surface area contributed by atoms with Gasteiger partial charge in [-0.05, 0) is 47.5 Å². The molecule has 0 spiro atoms. The van der Waals surface area contributed by atoms with Crippen LogP contribution < -0.4 is 21.7 Å². The summed E-state index contributed by atoms with van der Waals surface area (Å²) in [4.78, 5) is 42.6. The number of pyridine rings is 1. The van der Waals surface area contributed by atoms with Gasteiger partial charge in [0.2, 0.25) is 0 Å². The summed E-state index contributed by atoms with van der Waals surface area (Å²) >= 11 is 0. The Kier molecular flexibility index (Phi) is 8.26. The smallest absolute Gasteiger partial charge is 0.272 e. The number of carbonyl (C=O) groups excluding carboxylic acids is 3. The summed E-state index contributed by atoms with van der Waals surface area (Å²) in [6.07, 6.45) is 9.10. The molecule has 10 nitrogen and oxygen atoms in total. The monoisotopic (exact) mass is 561 g/mol. The van der Waals surface area contributed by atoms with Crippen LogP contribution in [0.4, 0.5) is 11.4 Å². The van der Waals surface area contributed by atoms with E-state index in [4.69, 9.17) is 5.73 Å². The van der Waals surface area contributed by atoms with E-state index in [0.29, 0.717) is 41.4 Å². The summed E-state index contributed by atoms with van der Waals surface area (Å²) in [6, 6.07) is 20.5. The molecule has 0 aliphatic rings. The van der Waals surface area contributed by atoms with E-state index in [9.17, 15) is 14.4 Å². The maximum atomic E-state index is 13.0. The second-order valence-corrected chi connectivity index (χ2v) is 9.82. The Bertz CT molecular complexity index is 1800. The summed E-state index contributed by atoms with van der Waals surface area (Å²) in [5.41, 5.74) is 10.5. The van der Waals surface area contributed by atoms with E-state index in [1.165, 1.54) is 0 Å². The van der Waals surface area contributed by atoms with Crippen LogP contribution in [0.3, 0.4) is 0 Å². The topological polar surface area (TPSA) is 136 Å². The molecule has 5 rings (SSSR count). The second kappa shape index (κ2) is 12.4.